The topological polar surface area (TPSA) is 29.1 Å². The number of alkyl halides is 1. The molecular weight excluding hydrogens is 230 g/mol. The minimum absolute atomic E-state index is 0.0562. The first kappa shape index (κ1) is 12.9. The van der Waals surface area contributed by atoms with Gasteiger partial charge in [-0.05, 0) is 33.1 Å². The summed E-state index contributed by atoms with van der Waals surface area (Å²) < 4.78 is -0.460. The lowest BCUT2D eigenvalue weighted by Gasteiger charge is -2.21. The van der Waals surface area contributed by atoms with Crippen molar-refractivity contribution in [3.8, 4) is 0 Å². The van der Waals surface area contributed by atoms with Gasteiger partial charge in [0, 0.05) is 6.04 Å². The largest absolute Gasteiger partial charge is 0.352 e. The molecule has 1 amide bonds. The fourth-order valence-corrected chi connectivity index (χ4v) is 1.28. The van der Waals surface area contributed by atoms with Gasteiger partial charge in [0.15, 0.2) is 0 Å². The van der Waals surface area contributed by atoms with Crippen molar-refractivity contribution in [2.45, 2.75) is 51.4 Å². The fraction of sp³-hybridized carbons (Fsp3) is 0.900. The normalized spacial score (nSPS) is 14.4. The van der Waals surface area contributed by atoms with Crippen molar-refractivity contribution in [2.75, 3.05) is 0 Å². The predicted octanol–water partition coefficient (Wildman–Crippen LogP) is 2.71. The molecule has 13 heavy (non-hydrogen) atoms. The van der Waals surface area contributed by atoms with E-state index in [1.165, 1.54) is 0 Å². The molecule has 2 nitrogen and oxygen atoms in total. The summed E-state index contributed by atoms with van der Waals surface area (Å²) in [5.41, 5.74) is 0. The molecule has 0 aromatic rings. The quantitative estimate of drug-likeness (QED) is 0.763. The number of hydrogen-bond donors (Lipinski definition) is 1. The van der Waals surface area contributed by atoms with Crippen molar-refractivity contribution < 1.29 is 4.79 Å². The summed E-state index contributed by atoms with van der Waals surface area (Å²) in [6.07, 6.45) is 1.02. The Morgan fingerprint density at radius 2 is 1.85 bits per heavy atom. The third-order valence-electron chi connectivity index (χ3n) is 1.74. The van der Waals surface area contributed by atoms with E-state index in [1.54, 1.807) is 0 Å². The molecule has 0 heterocycles. The molecule has 0 aromatic carbocycles. The lowest BCUT2D eigenvalue weighted by atomic mass is 10.0. The SMILES string of the molecule is CC(C)CC(C)NC(=O)C(C)(C)Br. The molecule has 0 saturated heterocycles. The van der Waals surface area contributed by atoms with Gasteiger partial charge in [0.05, 0.1) is 4.32 Å². The van der Waals surface area contributed by atoms with Gasteiger partial charge >= 0.3 is 0 Å². The molecule has 0 saturated carbocycles. The van der Waals surface area contributed by atoms with Crippen LogP contribution in [0.1, 0.15) is 41.0 Å². The molecule has 1 atom stereocenters. The third-order valence-corrected chi connectivity index (χ3v) is 2.10. The van der Waals surface area contributed by atoms with Gasteiger partial charge in [-0.1, -0.05) is 29.8 Å². The molecule has 0 aliphatic carbocycles. The maximum Gasteiger partial charge on any atom is 0.236 e. The Kier molecular flexibility index (Phi) is 4.97. The molecule has 1 N–H and O–H groups in total. The Hall–Kier alpha value is -0.0500. The third kappa shape index (κ3) is 6.08. The first-order valence-electron chi connectivity index (χ1n) is 4.73. The van der Waals surface area contributed by atoms with Gasteiger partial charge in [0.25, 0.3) is 0 Å². The monoisotopic (exact) mass is 249 g/mol. The number of carbonyl (C=O) groups is 1. The Morgan fingerprint density at radius 3 is 2.15 bits per heavy atom. The Bertz CT molecular complexity index is 172. The zero-order chi connectivity index (χ0) is 10.6. The second-order valence-corrected chi connectivity index (χ2v) is 6.46. The molecule has 0 aliphatic heterocycles. The molecule has 0 aliphatic rings. The minimum atomic E-state index is -0.460. The lowest BCUT2D eigenvalue weighted by Crippen LogP contribution is -2.42. The van der Waals surface area contributed by atoms with Crippen molar-refractivity contribution in [3.05, 3.63) is 0 Å². The van der Waals surface area contributed by atoms with Crippen LogP contribution in [0.15, 0.2) is 0 Å². The summed E-state index contributed by atoms with van der Waals surface area (Å²) in [5, 5.41) is 2.97. The number of carbonyl (C=O) groups excluding carboxylic acids is 1. The van der Waals surface area contributed by atoms with Gasteiger partial charge in [-0.25, -0.2) is 0 Å². The Morgan fingerprint density at radius 1 is 1.38 bits per heavy atom. The second-order valence-electron chi connectivity index (χ2n) is 4.48. The lowest BCUT2D eigenvalue weighted by molar-refractivity contribution is -0.123. The van der Waals surface area contributed by atoms with Crippen LogP contribution in [0.25, 0.3) is 0 Å². The maximum absolute atomic E-state index is 11.5. The van der Waals surface area contributed by atoms with E-state index >= 15 is 0 Å². The predicted molar refractivity (Wildman–Crippen MR) is 60.1 cm³/mol. The van der Waals surface area contributed by atoms with E-state index in [4.69, 9.17) is 0 Å². The van der Waals surface area contributed by atoms with Crippen LogP contribution in [0, 0.1) is 5.92 Å². The average Bonchev–Trinajstić information content (AvgIpc) is 1.82. The highest BCUT2D eigenvalue weighted by atomic mass is 79.9. The van der Waals surface area contributed by atoms with Gasteiger partial charge in [0.1, 0.15) is 0 Å². The van der Waals surface area contributed by atoms with Crippen LogP contribution in [0.3, 0.4) is 0 Å². The average molecular weight is 250 g/mol. The second kappa shape index (κ2) is 4.99. The zero-order valence-electron chi connectivity index (χ0n) is 9.15. The van der Waals surface area contributed by atoms with Gasteiger partial charge in [0.2, 0.25) is 5.91 Å². The standard InChI is InChI=1S/C10H20BrNO/c1-7(2)6-8(3)12-9(13)10(4,5)11/h7-8H,6H2,1-5H3,(H,12,13). The summed E-state index contributed by atoms with van der Waals surface area (Å²) in [6.45, 7) is 10.1. The number of halogens is 1. The molecule has 78 valence electrons. The van der Waals surface area contributed by atoms with Gasteiger partial charge < -0.3 is 5.32 Å². The molecule has 1 unspecified atom stereocenters. The summed E-state index contributed by atoms with van der Waals surface area (Å²) in [7, 11) is 0. The first-order chi connectivity index (χ1) is 5.73. The summed E-state index contributed by atoms with van der Waals surface area (Å²) in [4.78, 5) is 11.5. The number of rotatable bonds is 4. The Labute approximate surface area is 89.6 Å². The van der Waals surface area contributed by atoms with E-state index in [1.807, 2.05) is 20.8 Å². The van der Waals surface area contributed by atoms with Crippen molar-refractivity contribution in [3.63, 3.8) is 0 Å². The highest BCUT2D eigenvalue weighted by Gasteiger charge is 2.24. The number of nitrogens with one attached hydrogen (secondary N) is 1. The maximum atomic E-state index is 11.5. The van der Waals surface area contributed by atoms with E-state index in [9.17, 15) is 4.79 Å². The van der Waals surface area contributed by atoms with Crippen LogP contribution < -0.4 is 5.32 Å². The van der Waals surface area contributed by atoms with E-state index in [0.29, 0.717) is 5.92 Å². The van der Waals surface area contributed by atoms with Crippen molar-refractivity contribution in [1.82, 2.24) is 5.32 Å². The Balaban J connectivity index is 3.93. The van der Waals surface area contributed by atoms with Crippen LogP contribution in [0.4, 0.5) is 0 Å². The van der Waals surface area contributed by atoms with E-state index in [-0.39, 0.29) is 11.9 Å². The highest BCUT2D eigenvalue weighted by Crippen LogP contribution is 2.16. The molecule has 0 bridgehead atoms. The molecule has 0 spiro atoms. The van der Waals surface area contributed by atoms with Gasteiger partial charge in [-0.2, -0.15) is 0 Å². The highest BCUT2D eigenvalue weighted by molar-refractivity contribution is 9.10. The van der Waals surface area contributed by atoms with Crippen molar-refractivity contribution >= 4 is 21.8 Å². The molecule has 0 rings (SSSR count). The molecule has 3 heteroatoms. The van der Waals surface area contributed by atoms with E-state index in [0.717, 1.165) is 6.42 Å². The van der Waals surface area contributed by atoms with Gasteiger partial charge in [-0.15, -0.1) is 0 Å². The number of hydrogen-bond acceptors (Lipinski definition) is 1. The van der Waals surface area contributed by atoms with E-state index in [2.05, 4.69) is 35.1 Å². The van der Waals surface area contributed by atoms with Crippen LogP contribution in [-0.4, -0.2) is 16.3 Å². The smallest absolute Gasteiger partial charge is 0.236 e. The van der Waals surface area contributed by atoms with Crippen molar-refractivity contribution in [2.24, 2.45) is 5.92 Å². The van der Waals surface area contributed by atoms with Gasteiger partial charge in [-0.3, -0.25) is 4.79 Å². The van der Waals surface area contributed by atoms with E-state index < -0.39 is 4.32 Å². The summed E-state index contributed by atoms with van der Waals surface area (Å²) in [5.74, 6) is 0.675. The van der Waals surface area contributed by atoms with Crippen LogP contribution in [-0.2, 0) is 4.79 Å². The number of amides is 1. The zero-order valence-corrected chi connectivity index (χ0v) is 10.7. The summed E-state index contributed by atoms with van der Waals surface area (Å²) in [6, 6.07) is 0.254. The first-order valence-corrected chi connectivity index (χ1v) is 5.52. The van der Waals surface area contributed by atoms with Crippen molar-refractivity contribution in [1.29, 1.82) is 0 Å². The minimum Gasteiger partial charge on any atom is -0.352 e. The summed E-state index contributed by atoms with van der Waals surface area (Å²) >= 11 is 3.33. The molecular formula is C10H20BrNO. The molecule has 0 aromatic heterocycles. The van der Waals surface area contributed by atoms with Crippen LogP contribution >= 0.6 is 15.9 Å². The van der Waals surface area contributed by atoms with Crippen LogP contribution in [0.2, 0.25) is 0 Å². The molecule has 0 fully saturated rings. The molecule has 0 radical (unpaired) electrons. The fourth-order valence-electron chi connectivity index (χ4n) is 1.16. The van der Waals surface area contributed by atoms with Crippen LogP contribution in [0.5, 0.6) is 0 Å².